The van der Waals surface area contributed by atoms with Crippen LogP contribution in [0.15, 0.2) is 54.7 Å². The summed E-state index contributed by atoms with van der Waals surface area (Å²) >= 11 is 0. The number of carbonyl (C=O) groups excluding carboxylic acids is 1. The van der Waals surface area contributed by atoms with E-state index in [9.17, 15) is 9.18 Å². The van der Waals surface area contributed by atoms with E-state index in [4.69, 9.17) is 10.5 Å². The van der Waals surface area contributed by atoms with Gasteiger partial charge in [-0.3, -0.25) is 9.89 Å². The van der Waals surface area contributed by atoms with Crippen LogP contribution in [0.3, 0.4) is 0 Å². The van der Waals surface area contributed by atoms with Crippen LogP contribution in [0.25, 0.3) is 0 Å². The number of nitrogens with one attached hydrogen (secondary N) is 2. The van der Waals surface area contributed by atoms with Crippen LogP contribution in [0, 0.1) is 5.82 Å². The van der Waals surface area contributed by atoms with Gasteiger partial charge in [0, 0.05) is 12.6 Å². The Labute approximate surface area is 137 Å². The number of amides is 1. The van der Waals surface area contributed by atoms with Crippen LogP contribution in [0.4, 0.5) is 10.2 Å². The molecule has 4 N–H and O–H groups in total. The molecule has 3 aromatic rings. The molecule has 6 nitrogen and oxygen atoms in total. The molecule has 0 aliphatic carbocycles. The molecule has 2 aromatic carbocycles. The first kappa shape index (κ1) is 15.5. The summed E-state index contributed by atoms with van der Waals surface area (Å²) in [5, 5.41) is 9.53. The maximum absolute atomic E-state index is 13.1. The van der Waals surface area contributed by atoms with Crippen molar-refractivity contribution in [2.45, 2.75) is 6.54 Å². The first-order valence-corrected chi connectivity index (χ1v) is 7.21. The summed E-state index contributed by atoms with van der Waals surface area (Å²) in [5.74, 6) is 0.610. The Morgan fingerprint density at radius 3 is 2.71 bits per heavy atom. The highest BCUT2D eigenvalue weighted by Crippen LogP contribution is 2.22. The van der Waals surface area contributed by atoms with Crippen LogP contribution in [0.2, 0.25) is 0 Å². The number of aromatic nitrogens is 2. The highest BCUT2D eigenvalue weighted by Gasteiger charge is 2.09. The Balaban J connectivity index is 1.62. The second kappa shape index (κ2) is 6.82. The van der Waals surface area contributed by atoms with Gasteiger partial charge >= 0.3 is 0 Å². The molecule has 0 aliphatic heterocycles. The van der Waals surface area contributed by atoms with Crippen molar-refractivity contribution in [1.29, 1.82) is 0 Å². The Kier molecular flexibility index (Phi) is 4.42. The smallest absolute Gasteiger partial charge is 0.254 e. The average Bonchev–Trinajstić information content (AvgIpc) is 3.03. The summed E-state index contributed by atoms with van der Waals surface area (Å²) in [4.78, 5) is 11.2. The van der Waals surface area contributed by atoms with Crippen molar-refractivity contribution in [3.05, 3.63) is 71.7 Å². The number of benzene rings is 2. The maximum Gasteiger partial charge on any atom is 0.254 e. The summed E-state index contributed by atoms with van der Waals surface area (Å²) in [5.41, 5.74) is 6.52. The SMILES string of the molecule is NC(=O)c1cn[nH]c1NCc1ccc(Oc2cccc(F)c2)cc1. The van der Waals surface area contributed by atoms with Crippen molar-refractivity contribution in [3.8, 4) is 11.5 Å². The van der Waals surface area contributed by atoms with Gasteiger partial charge in [-0.25, -0.2) is 4.39 Å². The summed E-state index contributed by atoms with van der Waals surface area (Å²) < 4.78 is 18.7. The Hall–Kier alpha value is -3.35. The first-order chi connectivity index (χ1) is 11.6. The molecular formula is C17H15FN4O2. The van der Waals surface area contributed by atoms with Crippen molar-refractivity contribution in [1.82, 2.24) is 10.2 Å². The normalized spacial score (nSPS) is 10.4. The molecular weight excluding hydrogens is 311 g/mol. The molecule has 24 heavy (non-hydrogen) atoms. The number of carbonyl (C=O) groups is 1. The number of aromatic amines is 1. The Morgan fingerprint density at radius 2 is 2.00 bits per heavy atom. The standard InChI is InChI=1S/C17H15FN4O2/c18-12-2-1-3-14(8-12)24-13-6-4-11(5-7-13)9-20-17-15(16(19)23)10-21-22-17/h1-8,10H,9H2,(H2,19,23)(H2,20,21,22). The largest absolute Gasteiger partial charge is 0.457 e. The topological polar surface area (TPSA) is 93.0 Å². The highest BCUT2D eigenvalue weighted by atomic mass is 19.1. The molecule has 1 amide bonds. The molecule has 0 spiro atoms. The molecule has 0 fully saturated rings. The predicted octanol–water partition coefficient (Wildman–Crippen LogP) is 3.05. The second-order valence-corrected chi connectivity index (χ2v) is 5.08. The number of ether oxygens (including phenoxy) is 1. The quantitative estimate of drug-likeness (QED) is 0.649. The van der Waals surface area contributed by atoms with Gasteiger partial charge in [0.15, 0.2) is 0 Å². The molecule has 3 rings (SSSR count). The van der Waals surface area contributed by atoms with Crippen molar-refractivity contribution in [2.24, 2.45) is 5.73 Å². The minimum absolute atomic E-state index is 0.307. The van der Waals surface area contributed by atoms with Crippen LogP contribution in [0.5, 0.6) is 11.5 Å². The average molecular weight is 326 g/mol. The van der Waals surface area contributed by atoms with Gasteiger partial charge in [0.1, 0.15) is 28.7 Å². The molecule has 1 heterocycles. The molecule has 0 aliphatic rings. The number of hydrogen-bond donors (Lipinski definition) is 3. The number of nitrogens with zero attached hydrogens (tertiary/aromatic N) is 1. The van der Waals surface area contributed by atoms with Gasteiger partial charge in [-0.1, -0.05) is 18.2 Å². The number of primary amides is 1. The van der Waals surface area contributed by atoms with E-state index < -0.39 is 5.91 Å². The number of rotatable bonds is 6. The van der Waals surface area contributed by atoms with E-state index in [1.807, 2.05) is 12.1 Å². The predicted molar refractivity (Wildman–Crippen MR) is 87.3 cm³/mol. The van der Waals surface area contributed by atoms with E-state index in [0.29, 0.717) is 29.4 Å². The van der Waals surface area contributed by atoms with E-state index in [1.165, 1.54) is 18.3 Å². The molecule has 0 saturated heterocycles. The maximum atomic E-state index is 13.1. The minimum Gasteiger partial charge on any atom is -0.457 e. The van der Waals surface area contributed by atoms with Crippen molar-refractivity contribution < 1.29 is 13.9 Å². The zero-order valence-electron chi connectivity index (χ0n) is 12.6. The lowest BCUT2D eigenvalue weighted by Gasteiger charge is -2.08. The molecule has 1 aromatic heterocycles. The third kappa shape index (κ3) is 3.70. The lowest BCUT2D eigenvalue weighted by Crippen LogP contribution is -2.13. The fourth-order valence-electron chi connectivity index (χ4n) is 2.14. The summed E-state index contributed by atoms with van der Waals surface area (Å²) in [7, 11) is 0. The van der Waals surface area contributed by atoms with E-state index in [1.54, 1.807) is 24.3 Å². The monoisotopic (exact) mass is 326 g/mol. The van der Waals surface area contributed by atoms with Crippen molar-refractivity contribution >= 4 is 11.7 Å². The molecule has 0 bridgehead atoms. The van der Waals surface area contributed by atoms with Crippen molar-refractivity contribution in [3.63, 3.8) is 0 Å². The third-order valence-electron chi connectivity index (χ3n) is 3.33. The minimum atomic E-state index is -0.551. The van der Waals surface area contributed by atoms with Gasteiger partial charge < -0.3 is 15.8 Å². The van der Waals surface area contributed by atoms with E-state index in [0.717, 1.165) is 5.56 Å². The van der Waals surface area contributed by atoms with Crippen LogP contribution in [0.1, 0.15) is 15.9 Å². The highest BCUT2D eigenvalue weighted by molar-refractivity contribution is 5.97. The van der Waals surface area contributed by atoms with E-state index in [-0.39, 0.29) is 5.82 Å². The van der Waals surface area contributed by atoms with Gasteiger partial charge in [0.05, 0.1) is 6.20 Å². The fourth-order valence-corrected chi connectivity index (χ4v) is 2.14. The number of halogens is 1. The number of anilines is 1. The Morgan fingerprint density at radius 1 is 1.21 bits per heavy atom. The van der Waals surface area contributed by atoms with E-state index in [2.05, 4.69) is 15.5 Å². The molecule has 0 unspecified atom stereocenters. The molecule has 0 saturated carbocycles. The lowest BCUT2D eigenvalue weighted by molar-refractivity contribution is 0.100. The van der Waals surface area contributed by atoms with Crippen LogP contribution >= 0.6 is 0 Å². The lowest BCUT2D eigenvalue weighted by atomic mass is 10.2. The molecule has 0 radical (unpaired) electrons. The number of hydrogen-bond acceptors (Lipinski definition) is 4. The van der Waals surface area contributed by atoms with Gasteiger partial charge in [-0.2, -0.15) is 5.10 Å². The van der Waals surface area contributed by atoms with Gasteiger partial charge in [0.2, 0.25) is 0 Å². The van der Waals surface area contributed by atoms with E-state index >= 15 is 0 Å². The molecule has 0 atom stereocenters. The molecule has 7 heteroatoms. The number of nitrogens with two attached hydrogens (primary N) is 1. The summed E-state index contributed by atoms with van der Waals surface area (Å²) in [6.07, 6.45) is 1.38. The van der Waals surface area contributed by atoms with Crippen molar-refractivity contribution in [2.75, 3.05) is 5.32 Å². The zero-order valence-corrected chi connectivity index (χ0v) is 12.6. The number of H-pyrrole nitrogens is 1. The van der Waals surface area contributed by atoms with Crippen LogP contribution in [-0.2, 0) is 6.54 Å². The summed E-state index contributed by atoms with van der Waals surface area (Å²) in [6, 6.07) is 13.2. The second-order valence-electron chi connectivity index (χ2n) is 5.08. The Bertz CT molecular complexity index is 846. The van der Waals surface area contributed by atoms with Crippen LogP contribution in [-0.4, -0.2) is 16.1 Å². The third-order valence-corrected chi connectivity index (χ3v) is 3.33. The van der Waals surface area contributed by atoms with Gasteiger partial charge in [-0.15, -0.1) is 0 Å². The van der Waals surface area contributed by atoms with Gasteiger partial charge in [-0.05, 0) is 29.8 Å². The molecule has 122 valence electrons. The fraction of sp³-hybridized carbons (Fsp3) is 0.0588. The van der Waals surface area contributed by atoms with Gasteiger partial charge in [0.25, 0.3) is 5.91 Å². The first-order valence-electron chi connectivity index (χ1n) is 7.21. The zero-order chi connectivity index (χ0) is 16.9. The van der Waals surface area contributed by atoms with Crippen LogP contribution < -0.4 is 15.8 Å². The summed E-state index contributed by atoms with van der Waals surface area (Å²) in [6.45, 7) is 0.475.